The van der Waals surface area contributed by atoms with Gasteiger partial charge in [-0.05, 0) is 17.7 Å². The van der Waals surface area contributed by atoms with Crippen LogP contribution in [-0.4, -0.2) is 43.2 Å². The van der Waals surface area contributed by atoms with Crippen molar-refractivity contribution in [1.29, 1.82) is 0 Å². The molecule has 0 fully saturated rings. The quantitative estimate of drug-likeness (QED) is 0.760. The lowest BCUT2D eigenvalue weighted by molar-refractivity contribution is -0.141. The van der Waals surface area contributed by atoms with Crippen LogP contribution in [0, 0.1) is 0 Å². The molecular formula is C17H19N3O5. The predicted octanol–water partition coefficient (Wildman–Crippen LogP) is 1.53. The highest BCUT2D eigenvalue weighted by Gasteiger charge is 2.21. The van der Waals surface area contributed by atoms with Crippen molar-refractivity contribution < 1.29 is 23.8 Å². The van der Waals surface area contributed by atoms with Gasteiger partial charge in [-0.15, -0.1) is 0 Å². The first-order valence-corrected chi connectivity index (χ1v) is 7.44. The Kier molecular flexibility index (Phi) is 6.27. The third-order valence-electron chi connectivity index (χ3n) is 3.51. The predicted molar refractivity (Wildman–Crippen MR) is 88.4 cm³/mol. The van der Waals surface area contributed by atoms with Crippen LogP contribution in [0.1, 0.15) is 28.5 Å². The fourth-order valence-electron chi connectivity index (χ4n) is 2.22. The summed E-state index contributed by atoms with van der Waals surface area (Å²) >= 11 is 0. The highest BCUT2D eigenvalue weighted by atomic mass is 16.5. The molecule has 1 N–H and O–H groups in total. The summed E-state index contributed by atoms with van der Waals surface area (Å²) in [7, 11) is 4.33. The van der Waals surface area contributed by atoms with Gasteiger partial charge in [0, 0.05) is 12.4 Å². The molecule has 1 atom stereocenters. The van der Waals surface area contributed by atoms with Crippen LogP contribution in [0.25, 0.3) is 0 Å². The number of esters is 1. The number of hydrogen-bond acceptors (Lipinski definition) is 7. The summed E-state index contributed by atoms with van der Waals surface area (Å²) in [6.07, 6.45) is 4.19. The Morgan fingerprint density at radius 1 is 1.12 bits per heavy atom. The Bertz CT molecular complexity index is 736. The smallest absolute Gasteiger partial charge is 0.307 e. The minimum absolute atomic E-state index is 0.0437. The number of aromatic nitrogens is 2. The number of carbonyl (C=O) groups excluding carboxylic acids is 2. The summed E-state index contributed by atoms with van der Waals surface area (Å²) < 4.78 is 15.2. The molecule has 8 nitrogen and oxygen atoms in total. The number of ether oxygens (including phenoxy) is 3. The van der Waals surface area contributed by atoms with Crippen LogP contribution >= 0.6 is 0 Å². The highest BCUT2D eigenvalue weighted by molar-refractivity contribution is 5.92. The molecule has 2 rings (SSSR count). The number of rotatable bonds is 7. The van der Waals surface area contributed by atoms with E-state index in [4.69, 9.17) is 14.2 Å². The molecule has 1 heterocycles. The topological polar surface area (TPSA) is 99.6 Å². The van der Waals surface area contributed by atoms with Gasteiger partial charge < -0.3 is 19.5 Å². The van der Waals surface area contributed by atoms with E-state index in [1.54, 1.807) is 18.2 Å². The van der Waals surface area contributed by atoms with Gasteiger partial charge in [0.05, 0.1) is 40.0 Å². The van der Waals surface area contributed by atoms with Crippen LogP contribution in [-0.2, 0) is 9.53 Å². The van der Waals surface area contributed by atoms with Gasteiger partial charge in [0.1, 0.15) is 5.69 Å². The number of nitrogens with zero attached hydrogens (tertiary/aromatic N) is 2. The Hall–Kier alpha value is -3.16. The van der Waals surface area contributed by atoms with Crippen molar-refractivity contribution in [3.05, 3.63) is 48.0 Å². The average Bonchev–Trinajstić information content (AvgIpc) is 2.67. The maximum Gasteiger partial charge on any atom is 0.307 e. The lowest BCUT2D eigenvalue weighted by atomic mass is 10.0. The van der Waals surface area contributed by atoms with Crippen molar-refractivity contribution >= 4 is 11.9 Å². The molecule has 1 amide bonds. The molecular weight excluding hydrogens is 326 g/mol. The van der Waals surface area contributed by atoms with Crippen LogP contribution in [0.3, 0.4) is 0 Å². The lowest BCUT2D eigenvalue weighted by Crippen LogP contribution is -2.31. The van der Waals surface area contributed by atoms with E-state index < -0.39 is 17.9 Å². The third-order valence-corrected chi connectivity index (χ3v) is 3.51. The van der Waals surface area contributed by atoms with E-state index >= 15 is 0 Å². The van der Waals surface area contributed by atoms with Crippen molar-refractivity contribution in [1.82, 2.24) is 15.3 Å². The van der Waals surface area contributed by atoms with E-state index in [1.807, 2.05) is 0 Å². The van der Waals surface area contributed by atoms with Crippen molar-refractivity contribution in [2.75, 3.05) is 21.3 Å². The minimum atomic E-state index is -0.623. The number of benzene rings is 1. The molecule has 25 heavy (non-hydrogen) atoms. The molecule has 0 aliphatic heterocycles. The normalized spacial score (nSPS) is 11.3. The van der Waals surface area contributed by atoms with Gasteiger partial charge in [-0.25, -0.2) is 4.98 Å². The van der Waals surface area contributed by atoms with Gasteiger partial charge in [-0.1, -0.05) is 6.07 Å². The Morgan fingerprint density at radius 2 is 1.88 bits per heavy atom. The summed E-state index contributed by atoms with van der Waals surface area (Å²) in [5.74, 6) is 0.128. The fraction of sp³-hybridized carbons (Fsp3) is 0.294. The first kappa shape index (κ1) is 18.2. The lowest BCUT2D eigenvalue weighted by Gasteiger charge is -2.19. The number of nitrogens with one attached hydrogen (secondary N) is 1. The summed E-state index contributed by atoms with van der Waals surface area (Å²) in [5.41, 5.74) is 0.818. The first-order chi connectivity index (χ1) is 12.1. The minimum Gasteiger partial charge on any atom is -0.493 e. The molecule has 2 aromatic rings. The Labute approximate surface area is 145 Å². The maximum absolute atomic E-state index is 12.4. The first-order valence-electron chi connectivity index (χ1n) is 7.44. The zero-order valence-corrected chi connectivity index (χ0v) is 14.2. The van der Waals surface area contributed by atoms with Crippen molar-refractivity contribution in [2.45, 2.75) is 12.5 Å². The largest absolute Gasteiger partial charge is 0.493 e. The van der Waals surface area contributed by atoms with Gasteiger partial charge in [-0.2, -0.15) is 0 Å². The van der Waals surface area contributed by atoms with E-state index in [0.29, 0.717) is 17.1 Å². The molecule has 1 aromatic heterocycles. The van der Waals surface area contributed by atoms with Crippen LogP contribution < -0.4 is 14.8 Å². The SMILES string of the molecule is COC(=O)C[C@H](NC(=O)c1cnccn1)c1ccc(OC)c(OC)c1. The van der Waals surface area contributed by atoms with E-state index in [9.17, 15) is 9.59 Å². The molecule has 8 heteroatoms. The average molecular weight is 345 g/mol. The number of methoxy groups -OCH3 is 3. The van der Waals surface area contributed by atoms with Gasteiger partial charge in [0.15, 0.2) is 11.5 Å². The van der Waals surface area contributed by atoms with Crippen LogP contribution in [0.4, 0.5) is 0 Å². The summed E-state index contributed by atoms with van der Waals surface area (Å²) in [6.45, 7) is 0. The molecule has 132 valence electrons. The highest BCUT2D eigenvalue weighted by Crippen LogP contribution is 2.31. The van der Waals surface area contributed by atoms with Gasteiger partial charge >= 0.3 is 5.97 Å². The number of hydrogen-bond donors (Lipinski definition) is 1. The summed E-state index contributed by atoms with van der Waals surface area (Å²) in [5, 5.41) is 2.76. The van der Waals surface area contributed by atoms with E-state index in [1.165, 1.54) is 39.9 Å². The monoisotopic (exact) mass is 345 g/mol. The standard InChI is InChI=1S/C17H19N3O5/c1-23-14-5-4-11(8-15(14)24-2)12(9-16(21)25-3)20-17(22)13-10-18-6-7-19-13/h4-8,10,12H,9H2,1-3H3,(H,20,22)/t12-/m0/s1. The Balaban J connectivity index is 2.29. The zero-order valence-electron chi connectivity index (χ0n) is 14.2. The van der Waals surface area contributed by atoms with Crippen molar-refractivity contribution in [3.63, 3.8) is 0 Å². The van der Waals surface area contributed by atoms with E-state index in [0.717, 1.165) is 0 Å². The van der Waals surface area contributed by atoms with Crippen LogP contribution in [0.15, 0.2) is 36.8 Å². The molecule has 0 aliphatic carbocycles. The van der Waals surface area contributed by atoms with E-state index in [2.05, 4.69) is 15.3 Å². The maximum atomic E-state index is 12.4. The van der Waals surface area contributed by atoms with Crippen LogP contribution in [0.5, 0.6) is 11.5 Å². The molecule has 0 aliphatic rings. The van der Waals surface area contributed by atoms with Gasteiger partial charge in [0.2, 0.25) is 0 Å². The van der Waals surface area contributed by atoms with Crippen LogP contribution in [0.2, 0.25) is 0 Å². The summed E-state index contributed by atoms with van der Waals surface area (Å²) in [6, 6.07) is 4.52. The molecule has 0 saturated carbocycles. The van der Waals surface area contributed by atoms with Gasteiger partial charge in [0.25, 0.3) is 5.91 Å². The Morgan fingerprint density at radius 3 is 2.48 bits per heavy atom. The molecule has 0 radical (unpaired) electrons. The second-order valence-electron chi connectivity index (χ2n) is 5.01. The molecule has 0 bridgehead atoms. The molecule has 0 spiro atoms. The molecule has 0 saturated heterocycles. The molecule has 1 aromatic carbocycles. The second kappa shape index (κ2) is 8.62. The van der Waals surface area contributed by atoms with Crippen molar-refractivity contribution in [2.24, 2.45) is 0 Å². The molecule has 0 unspecified atom stereocenters. The number of carbonyl (C=O) groups is 2. The second-order valence-corrected chi connectivity index (χ2v) is 5.01. The van der Waals surface area contributed by atoms with Crippen molar-refractivity contribution in [3.8, 4) is 11.5 Å². The fourth-order valence-corrected chi connectivity index (χ4v) is 2.22. The van der Waals surface area contributed by atoms with E-state index in [-0.39, 0.29) is 12.1 Å². The van der Waals surface area contributed by atoms with Gasteiger partial charge in [-0.3, -0.25) is 14.6 Å². The number of amides is 1. The zero-order chi connectivity index (χ0) is 18.2. The third kappa shape index (κ3) is 4.66. The summed E-state index contributed by atoms with van der Waals surface area (Å²) in [4.78, 5) is 31.9.